The van der Waals surface area contributed by atoms with Crippen LogP contribution in [0.2, 0.25) is 5.02 Å². The molecule has 3 rings (SSSR count). The number of carbonyl (C=O) groups is 1. The number of carboxylic acid groups (broad SMARTS) is 1. The molecule has 0 saturated carbocycles. The smallest absolute Gasteiger partial charge is 0.306 e. The fourth-order valence-electron chi connectivity index (χ4n) is 2.51. The molecule has 1 N–H and O–H groups in total. The lowest BCUT2D eigenvalue weighted by atomic mass is 9.95. The molecule has 4 nitrogen and oxygen atoms in total. The highest BCUT2D eigenvalue weighted by molar-refractivity contribution is 7.15. The maximum atomic E-state index is 11.1. The Bertz CT molecular complexity index is 683. The highest BCUT2D eigenvalue weighted by atomic mass is 35.5. The van der Waals surface area contributed by atoms with Crippen LogP contribution in [0.5, 0.6) is 0 Å². The lowest BCUT2D eigenvalue weighted by molar-refractivity contribution is -0.146. The van der Waals surface area contributed by atoms with Crippen molar-refractivity contribution in [1.29, 1.82) is 0 Å². The fourth-order valence-corrected chi connectivity index (χ4v) is 3.85. The molecule has 1 aromatic heterocycles. The van der Waals surface area contributed by atoms with Gasteiger partial charge in [0.2, 0.25) is 0 Å². The number of aromatic nitrogens is 1. The summed E-state index contributed by atoms with van der Waals surface area (Å²) in [5.74, 6) is -0.869. The van der Waals surface area contributed by atoms with Crippen molar-refractivity contribution in [3.8, 4) is 10.6 Å². The second-order valence-electron chi connectivity index (χ2n) is 5.20. The van der Waals surface area contributed by atoms with Gasteiger partial charge in [0, 0.05) is 17.0 Å². The molecule has 21 heavy (non-hydrogen) atoms. The van der Waals surface area contributed by atoms with Gasteiger partial charge in [-0.3, -0.25) is 4.79 Å². The monoisotopic (exact) mass is 323 g/mol. The predicted octanol–water partition coefficient (Wildman–Crippen LogP) is 3.73. The summed E-state index contributed by atoms with van der Waals surface area (Å²) in [6.45, 7) is 2.32. The van der Waals surface area contributed by atoms with Crippen molar-refractivity contribution in [3.05, 3.63) is 39.9 Å². The van der Waals surface area contributed by atoms with Gasteiger partial charge in [0.1, 0.15) is 10.6 Å². The predicted molar refractivity (Wildman–Crippen MR) is 81.8 cm³/mol. The van der Waals surface area contributed by atoms with Gasteiger partial charge in [-0.1, -0.05) is 23.7 Å². The molecule has 1 unspecified atom stereocenters. The molecule has 110 valence electrons. The average molecular weight is 324 g/mol. The number of carboxylic acids is 1. The topological polar surface area (TPSA) is 59.4 Å². The van der Waals surface area contributed by atoms with E-state index in [0.29, 0.717) is 18.1 Å². The summed E-state index contributed by atoms with van der Waals surface area (Å²) < 4.78 is 5.74. The van der Waals surface area contributed by atoms with Gasteiger partial charge in [-0.05, 0) is 19.1 Å². The van der Waals surface area contributed by atoms with E-state index in [0.717, 1.165) is 21.1 Å². The Balaban J connectivity index is 2.01. The molecule has 1 aromatic carbocycles. The lowest BCUT2D eigenvalue weighted by Gasteiger charge is -2.31. The first kappa shape index (κ1) is 14.5. The summed E-state index contributed by atoms with van der Waals surface area (Å²) in [5.41, 5.74) is 1.14. The van der Waals surface area contributed by atoms with E-state index in [9.17, 15) is 4.79 Å². The Morgan fingerprint density at radius 1 is 1.48 bits per heavy atom. The van der Waals surface area contributed by atoms with Crippen molar-refractivity contribution < 1.29 is 14.6 Å². The van der Waals surface area contributed by atoms with Crippen molar-refractivity contribution in [2.45, 2.75) is 25.4 Å². The summed E-state index contributed by atoms with van der Waals surface area (Å²) in [4.78, 5) is 16.7. The van der Waals surface area contributed by atoms with Crippen LogP contribution in [0.3, 0.4) is 0 Å². The van der Waals surface area contributed by atoms with Crippen LogP contribution in [0.25, 0.3) is 10.6 Å². The number of ether oxygens (including phenoxy) is 1. The molecular weight excluding hydrogens is 310 g/mol. The van der Waals surface area contributed by atoms with Crippen molar-refractivity contribution in [3.63, 3.8) is 0 Å². The van der Waals surface area contributed by atoms with Crippen molar-refractivity contribution >= 4 is 28.9 Å². The van der Waals surface area contributed by atoms with Crippen LogP contribution in [0.1, 0.15) is 23.9 Å². The van der Waals surface area contributed by atoms with Crippen molar-refractivity contribution in [2.24, 2.45) is 0 Å². The zero-order chi connectivity index (χ0) is 15.0. The third-order valence-electron chi connectivity index (χ3n) is 3.52. The van der Waals surface area contributed by atoms with Gasteiger partial charge in [0.05, 0.1) is 23.6 Å². The maximum Gasteiger partial charge on any atom is 0.306 e. The number of hydrogen-bond acceptors (Lipinski definition) is 4. The molecule has 2 aromatic rings. The van der Waals surface area contributed by atoms with Crippen molar-refractivity contribution in [2.75, 3.05) is 6.61 Å². The Morgan fingerprint density at radius 2 is 2.19 bits per heavy atom. The number of fused-ring (bicyclic) bond motifs is 1. The molecule has 0 saturated heterocycles. The van der Waals surface area contributed by atoms with E-state index in [1.807, 2.05) is 31.2 Å². The Morgan fingerprint density at radius 3 is 2.86 bits per heavy atom. The Kier molecular flexibility index (Phi) is 3.73. The minimum Gasteiger partial charge on any atom is -0.481 e. The highest BCUT2D eigenvalue weighted by Gasteiger charge is 2.38. The molecule has 0 fully saturated rings. The molecule has 0 bridgehead atoms. The molecule has 1 atom stereocenters. The van der Waals surface area contributed by atoms with Gasteiger partial charge in [0.25, 0.3) is 0 Å². The minimum absolute atomic E-state index is 0.0533. The number of halogens is 1. The van der Waals surface area contributed by atoms with Gasteiger partial charge >= 0.3 is 5.97 Å². The largest absolute Gasteiger partial charge is 0.481 e. The van der Waals surface area contributed by atoms with Gasteiger partial charge < -0.3 is 9.84 Å². The third-order valence-corrected chi connectivity index (χ3v) is 5.16. The average Bonchev–Trinajstić information content (AvgIpc) is 2.84. The van der Waals surface area contributed by atoms with Gasteiger partial charge in [0.15, 0.2) is 0 Å². The molecule has 0 aliphatic carbocycles. The van der Waals surface area contributed by atoms with Gasteiger partial charge in [-0.2, -0.15) is 0 Å². The first-order valence-electron chi connectivity index (χ1n) is 6.60. The summed E-state index contributed by atoms with van der Waals surface area (Å²) in [5, 5.41) is 10.7. The molecule has 1 aliphatic heterocycles. The zero-order valence-corrected chi connectivity index (χ0v) is 13.0. The molecule has 0 amide bonds. The highest BCUT2D eigenvalue weighted by Crippen LogP contribution is 2.42. The first-order valence-corrected chi connectivity index (χ1v) is 7.79. The van der Waals surface area contributed by atoms with E-state index < -0.39 is 11.6 Å². The Labute approximate surface area is 131 Å². The van der Waals surface area contributed by atoms with Crippen LogP contribution in [0.4, 0.5) is 0 Å². The maximum absolute atomic E-state index is 11.1. The number of rotatable bonds is 3. The molecule has 0 radical (unpaired) electrons. The van der Waals surface area contributed by atoms with Crippen molar-refractivity contribution in [1.82, 2.24) is 4.98 Å². The number of nitrogens with zero attached hydrogens (tertiary/aromatic N) is 1. The second-order valence-corrected chi connectivity index (χ2v) is 6.64. The Hall–Kier alpha value is -1.43. The third kappa shape index (κ3) is 2.81. The first-order chi connectivity index (χ1) is 9.98. The summed E-state index contributed by atoms with van der Waals surface area (Å²) in [6.07, 6.45) is 0.664. The van der Waals surface area contributed by atoms with E-state index in [1.165, 1.54) is 11.3 Å². The van der Waals surface area contributed by atoms with Crippen LogP contribution < -0.4 is 0 Å². The van der Waals surface area contributed by atoms with E-state index in [1.54, 1.807) is 0 Å². The standard InChI is InChI=1S/C15H14ClNO3S/c1-15(8-12(18)19)13-11(6-7-20-15)17-14(21-13)9-2-4-10(16)5-3-9/h2-5H,6-8H2,1H3,(H,18,19). The summed E-state index contributed by atoms with van der Waals surface area (Å²) in [7, 11) is 0. The lowest BCUT2D eigenvalue weighted by Crippen LogP contribution is -2.33. The van der Waals surface area contributed by atoms with E-state index >= 15 is 0 Å². The van der Waals surface area contributed by atoms with Crippen LogP contribution in [0, 0.1) is 0 Å². The normalized spacial score (nSPS) is 21.0. The fraction of sp³-hybridized carbons (Fsp3) is 0.333. The number of aliphatic carboxylic acids is 1. The quantitative estimate of drug-likeness (QED) is 0.935. The summed E-state index contributed by atoms with van der Waals surface area (Å²) >= 11 is 7.40. The zero-order valence-electron chi connectivity index (χ0n) is 11.4. The molecule has 0 spiro atoms. The van der Waals surface area contributed by atoms with E-state index in [4.69, 9.17) is 21.4 Å². The molecule has 6 heteroatoms. The number of thiazole rings is 1. The summed E-state index contributed by atoms with van der Waals surface area (Å²) in [6, 6.07) is 7.48. The van der Waals surface area contributed by atoms with Crippen LogP contribution in [0.15, 0.2) is 24.3 Å². The van der Waals surface area contributed by atoms with Crippen LogP contribution >= 0.6 is 22.9 Å². The SMILES string of the molecule is CC1(CC(=O)O)OCCc2nc(-c3ccc(Cl)cc3)sc21. The second kappa shape index (κ2) is 5.40. The minimum atomic E-state index is -0.869. The van der Waals surface area contributed by atoms with Crippen LogP contribution in [-0.2, 0) is 21.6 Å². The van der Waals surface area contributed by atoms with Gasteiger partial charge in [-0.15, -0.1) is 11.3 Å². The van der Waals surface area contributed by atoms with E-state index in [-0.39, 0.29) is 6.42 Å². The molecular formula is C15H14ClNO3S. The van der Waals surface area contributed by atoms with Gasteiger partial charge in [-0.25, -0.2) is 4.98 Å². The molecule has 2 heterocycles. The van der Waals surface area contributed by atoms with Crippen LogP contribution in [-0.4, -0.2) is 22.7 Å². The molecule has 1 aliphatic rings. The van der Waals surface area contributed by atoms with E-state index in [2.05, 4.69) is 4.98 Å². The number of benzene rings is 1. The number of hydrogen-bond donors (Lipinski definition) is 1.